The summed E-state index contributed by atoms with van der Waals surface area (Å²) in [5, 5.41) is 4.44. The smallest absolute Gasteiger partial charge is 0.156 e. The highest BCUT2D eigenvalue weighted by molar-refractivity contribution is 8.13. The number of rotatable bonds is 1. The second-order valence-corrected chi connectivity index (χ2v) is 3.30. The molecule has 0 aromatic heterocycles. The minimum atomic E-state index is 0.714. The van der Waals surface area contributed by atoms with Crippen molar-refractivity contribution in [2.45, 2.75) is 25.3 Å². The summed E-state index contributed by atoms with van der Waals surface area (Å²) in [7, 11) is 1.83. The highest BCUT2D eigenvalue weighted by Gasteiger charge is 2.17. The molecule has 0 aromatic rings. The van der Waals surface area contributed by atoms with Crippen molar-refractivity contribution in [1.82, 2.24) is 5.32 Å². The third kappa shape index (κ3) is 1.90. The molecule has 0 atom stereocenters. The van der Waals surface area contributed by atoms with Crippen molar-refractivity contribution in [3.8, 4) is 0 Å². The zero-order valence-corrected chi connectivity index (χ0v) is 7.37. The monoisotopic (exact) mass is 158 g/mol. The van der Waals surface area contributed by atoms with Gasteiger partial charge in [0.15, 0.2) is 5.17 Å². The van der Waals surface area contributed by atoms with E-state index in [2.05, 4.69) is 10.3 Å². The van der Waals surface area contributed by atoms with Gasteiger partial charge in [-0.25, -0.2) is 0 Å². The number of hydrogen-bond donors (Lipinski definition) is 1. The van der Waals surface area contributed by atoms with Gasteiger partial charge >= 0.3 is 0 Å². The van der Waals surface area contributed by atoms with Crippen LogP contribution in [-0.2, 0) is 0 Å². The van der Waals surface area contributed by atoms with E-state index >= 15 is 0 Å². The first-order valence-corrected chi connectivity index (χ1v) is 4.86. The zero-order valence-electron chi connectivity index (χ0n) is 6.55. The minimum Gasteiger partial charge on any atom is -0.362 e. The molecule has 10 heavy (non-hydrogen) atoms. The number of aliphatic imine (C=N–C) groups is 1. The lowest BCUT2D eigenvalue weighted by atomic mass is 9.94. The molecule has 0 saturated heterocycles. The van der Waals surface area contributed by atoms with Crippen LogP contribution in [0.5, 0.6) is 0 Å². The van der Waals surface area contributed by atoms with Gasteiger partial charge in [-0.15, -0.1) is 0 Å². The van der Waals surface area contributed by atoms with E-state index in [1.807, 2.05) is 13.3 Å². The first-order chi connectivity index (χ1) is 4.86. The van der Waals surface area contributed by atoms with Crippen molar-refractivity contribution in [2.24, 2.45) is 4.99 Å². The summed E-state index contributed by atoms with van der Waals surface area (Å²) < 4.78 is 0. The minimum absolute atomic E-state index is 0.714. The quantitative estimate of drug-likeness (QED) is 0.462. The SMILES string of the molecule is CN=C(NC1CCC1)SC. The summed E-state index contributed by atoms with van der Waals surface area (Å²) in [5.41, 5.74) is 0. The van der Waals surface area contributed by atoms with Gasteiger partial charge in [-0.2, -0.15) is 0 Å². The summed E-state index contributed by atoms with van der Waals surface area (Å²) in [4.78, 5) is 4.10. The van der Waals surface area contributed by atoms with Gasteiger partial charge in [0.05, 0.1) is 0 Å². The van der Waals surface area contributed by atoms with Crippen molar-refractivity contribution < 1.29 is 0 Å². The van der Waals surface area contributed by atoms with Crippen LogP contribution in [0.3, 0.4) is 0 Å². The average molecular weight is 158 g/mol. The summed E-state index contributed by atoms with van der Waals surface area (Å²) >= 11 is 1.69. The molecular formula is C7H14N2S. The summed E-state index contributed by atoms with van der Waals surface area (Å²) in [6, 6.07) is 0.714. The van der Waals surface area contributed by atoms with Crippen LogP contribution in [0.25, 0.3) is 0 Å². The molecule has 3 heteroatoms. The summed E-state index contributed by atoms with van der Waals surface area (Å²) in [5.74, 6) is 0. The van der Waals surface area contributed by atoms with Gasteiger partial charge in [0.25, 0.3) is 0 Å². The van der Waals surface area contributed by atoms with Crippen LogP contribution >= 0.6 is 11.8 Å². The van der Waals surface area contributed by atoms with Gasteiger partial charge in [0, 0.05) is 13.1 Å². The van der Waals surface area contributed by atoms with Crippen molar-refractivity contribution in [2.75, 3.05) is 13.3 Å². The average Bonchev–Trinajstić information content (AvgIpc) is 1.87. The zero-order chi connectivity index (χ0) is 7.40. The van der Waals surface area contributed by atoms with E-state index in [1.54, 1.807) is 11.8 Å². The Kier molecular flexibility index (Phi) is 3.06. The van der Waals surface area contributed by atoms with Crippen LogP contribution < -0.4 is 5.32 Å². The highest BCUT2D eigenvalue weighted by atomic mass is 32.2. The normalized spacial score (nSPS) is 20.4. The Balaban J connectivity index is 2.21. The molecule has 0 unspecified atom stereocenters. The Labute approximate surface area is 66.5 Å². The predicted molar refractivity (Wildman–Crippen MR) is 47.6 cm³/mol. The van der Waals surface area contributed by atoms with E-state index in [0.29, 0.717) is 6.04 Å². The maximum absolute atomic E-state index is 4.10. The maximum atomic E-state index is 4.10. The predicted octanol–water partition coefficient (Wildman–Crippen LogP) is 1.48. The molecule has 2 nitrogen and oxygen atoms in total. The molecule has 0 aromatic carbocycles. The Morgan fingerprint density at radius 1 is 1.60 bits per heavy atom. The van der Waals surface area contributed by atoms with Crippen molar-refractivity contribution in [3.05, 3.63) is 0 Å². The molecule has 0 bridgehead atoms. The van der Waals surface area contributed by atoms with Crippen LogP contribution in [0.4, 0.5) is 0 Å². The molecule has 0 amide bonds. The van der Waals surface area contributed by atoms with E-state index in [-0.39, 0.29) is 0 Å². The lowest BCUT2D eigenvalue weighted by Gasteiger charge is -2.27. The lowest BCUT2D eigenvalue weighted by Crippen LogP contribution is -2.38. The largest absolute Gasteiger partial charge is 0.362 e. The van der Waals surface area contributed by atoms with Crippen molar-refractivity contribution in [1.29, 1.82) is 0 Å². The molecule has 1 saturated carbocycles. The van der Waals surface area contributed by atoms with Gasteiger partial charge < -0.3 is 5.32 Å². The molecular weight excluding hydrogens is 144 g/mol. The van der Waals surface area contributed by atoms with Gasteiger partial charge in [0.2, 0.25) is 0 Å². The summed E-state index contributed by atoms with van der Waals surface area (Å²) in [6.07, 6.45) is 6.07. The van der Waals surface area contributed by atoms with Gasteiger partial charge in [-0.1, -0.05) is 11.8 Å². The van der Waals surface area contributed by atoms with E-state index in [0.717, 1.165) is 5.17 Å². The number of nitrogens with zero attached hydrogens (tertiary/aromatic N) is 1. The number of thioether (sulfide) groups is 1. The second-order valence-electron chi connectivity index (χ2n) is 2.51. The van der Waals surface area contributed by atoms with Crippen molar-refractivity contribution >= 4 is 16.9 Å². The van der Waals surface area contributed by atoms with Crippen LogP contribution in [0.2, 0.25) is 0 Å². The topological polar surface area (TPSA) is 24.4 Å². The third-order valence-electron chi connectivity index (χ3n) is 1.83. The van der Waals surface area contributed by atoms with Gasteiger partial charge in [-0.05, 0) is 25.5 Å². The molecule has 1 aliphatic carbocycles. The molecule has 1 fully saturated rings. The molecule has 0 aliphatic heterocycles. The summed E-state index contributed by atoms with van der Waals surface area (Å²) in [6.45, 7) is 0. The molecule has 1 rings (SSSR count). The Morgan fingerprint density at radius 2 is 2.30 bits per heavy atom. The Hall–Kier alpha value is -0.180. The fourth-order valence-corrected chi connectivity index (χ4v) is 1.41. The van der Waals surface area contributed by atoms with E-state index in [9.17, 15) is 0 Å². The van der Waals surface area contributed by atoms with E-state index < -0.39 is 0 Å². The van der Waals surface area contributed by atoms with Crippen LogP contribution in [0, 0.1) is 0 Å². The van der Waals surface area contributed by atoms with Crippen molar-refractivity contribution in [3.63, 3.8) is 0 Å². The third-order valence-corrected chi connectivity index (χ3v) is 2.52. The maximum Gasteiger partial charge on any atom is 0.156 e. The second kappa shape index (κ2) is 3.86. The van der Waals surface area contributed by atoms with Crippen LogP contribution in [0.15, 0.2) is 4.99 Å². The molecule has 0 spiro atoms. The first kappa shape index (κ1) is 7.92. The number of hydrogen-bond acceptors (Lipinski definition) is 2. The molecule has 0 radical (unpaired) electrons. The Bertz CT molecular complexity index is 130. The van der Waals surface area contributed by atoms with Gasteiger partial charge in [0.1, 0.15) is 0 Å². The highest BCUT2D eigenvalue weighted by Crippen LogP contribution is 2.18. The van der Waals surface area contributed by atoms with E-state index in [1.165, 1.54) is 19.3 Å². The van der Waals surface area contributed by atoms with E-state index in [4.69, 9.17) is 0 Å². The molecule has 0 heterocycles. The first-order valence-electron chi connectivity index (χ1n) is 3.64. The van der Waals surface area contributed by atoms with Crippen LogP contribution in [-0.4, -0.2) is 24.5 Å². The van der Waals surface area contributed by atoms with Gasteiger partial charge in [-0.3, -0.25) is 4.99 Å². The lowest BCUT2D eigenvalue weighted by molar-refractivity contribution is 0.385. The number of nitrogens with one attached hydrogen (secondary N) is 1. The molecule has 58 valence electrons. The van der Waals surface area contributed by atoms with Crippen LogP contribution in [0.1, 0.15) is 19.3 Å². The fourth-order valence-electron chi connectivity index (χ4n) is 0.942. The standard InChI is InChI=1S/C7H14N2S/c1-8-7(10-2)9-6-4-3-5-6/h6H,3-5H2,1-2H3,(H,8,9). The fraction of sp³-hybridized carbons (Fsp3) is 0.857. The Morgan fingerprint density at radius 3 is 2.60 bits per heavy atom. The number of amidine groups is 1. The molecule has 1 N–H and O–H groups in total. The molecule has 1 aliphatic rings.